The number of morpholine rings is 1. The number of nitrogens with zero attached hydrogens (tertiary/aromatic N) is 2. The molecule has 0 radical (unpaired) electrons. The summed E-state index contributed by atoms with van der Waals surface area (Å²) in [5, 5.41) is 6.05. The van der Waals surface area contributed by atoms with Crippen LogP contribution in [-0.4, -0.2) is 37.2 Å². The number of amides is 1. The zero-order valence-corrected chi connectivity index (χ0v) is 18.2. The van der Waals surface area contributed by atoms with Crippen molar-refractivity contribution >= 4 is 28.8 Å². The predicted molar refractivity (Wildman–Crippen MR) is 124 cm³/mol. The third kappa shape index (κ3) is 5.57. The van der Waals surface area contributed by atoms with Crippen LogP contribution in [0.25, 0.3) is 0 Å². The summed E-state index contributed by atoms with van der Waals surface area (Å²) in [4.78, 5) is 18.3. The minimum Gasteiger partial charge on any atom is -0.380 e. The van der Waals surface area contributed by atoms with Crippen LogP contribution in [0.2, 0.25) is 0 Å². The number of benzene rings is 2. The molecular weight excluding hydrogens is 447 g/mol. The number of carbonyl (C=O) groups excluding carboxylic acids is 1. The van der Waals surface area contributed by atoms with Crippen LogP contribution in [-0.2, 0) is 17.5 Å². The van der Waals surface area contributed by atoms with E-state index in [-0.39, 0.29) is 23.4 Å². The van der Waals surface area contributed by atoms with Crippen molar-refractivity contribution in [3.05, 3.63) is 77.5 Å². The smallest absolute Gasteiger partial charge is 0.380 e. The first-order valence-electron chi connectivity index (χ1n) is 10.7. The first-order valence-corrected chi connectivity index (χ1v) is 10.7. The lowest BCUT2D eigenvalue weighted by atomic mass is 10.1. The molecule has 1 aliphatic heterocycles. The summed E-state index contributed by atoms with van der Waals surface area (Å²) >= 11 is 0. The van der Waals surface area contributed by atoms with Gasteiger partial charge in [-0.15, -0.1) is 0 Å². The Morgan fingerprint density at radius 3 is 2.47 bits per heavy atom. The van der Waals surface area contributed by atoms with Crippen molar-refractivity contribution in [2.24, 2.45) is 5.73 Å². The molecule has 1 saturated heterocycles. The molecule has 0 aliphatic carbocycles. The van der Waals surface area contributed by atoms with Crippen LogP contribution in [0.15, 0.2) is 60.8 Å². The average molecular weight is 471 g/mol. The van der Waals surface area contributed by atoms with Gasteiger partial charge in [0.25, 0.3) is 5.91 Å². The molecule has 1 aromatic heterocycles. The Balaban J connectivity index is 1.51. The topological polar surface area (TPSA) is 92.5 Å². The maximum Gasteiger partial charge on any atom is 0.416 e. The van der Waals surface area contributed by atoms with Crippen molar-refractivity contribution in [3.63, 3.8) is 0 Å². The third-order valence-corrected chi connectivity index (χ3v) is 5.48. The Bertz CT molecular complexity index is 1150. The summed E-state index contributed by atoms with van der Waals surface area (Å²) < 4.78 is 45.3. The van der Waals surface area contributed by atoms with Crippen molar-refractivity contribution in [1.29, 1.82) is 0 Å². The molecule has 10 heteroatoms. The van der Waals surface area contributed by atoms with Crippen molar-refractivity contribution in [2.75, 3.05) is 41.8 Å². The van der Waals surface area contributed by atoms with E-state index in [9.17, 15) is 18.0 Å². The van der Waals surface area contributed by atoms with Gasteiger partial charge in [0.15, 0.2) is 0 Å². The van der Waals surface area contributed by atoms with Crippen LogP contribution in [0.5, 0.6) is 0 Å². The van der Waals surface area contributed by atoms with Gasteiger partial charge < -0.3 is 26.0 Å². The van der Waals surface area contributed by atoms with Gasteiger partial charge in [-0.05, 0) is 35.9 Å². The second kappa shape index (κ2) is 10.0. The highest BCUT2D eigenvalue weighted by Gasteiger charge is 2.32. The number of rotatable bonds is 7. The number of nitrogens with two attached hydrogens (primary N) is 1. The quantitative estimate of drug-likeness (QED) is 0.473. The fourth-order valence-electron chi connectivity index (χ4n) is 3.73. The Morgan fingerprint density at radius 1 is 1.09 bits per heavy atom. The molecular formula is C24H24F3N5O2. The molecule has 34 heavy (non-hydrogen) atoms. The molecule has 4 N–H and O–H groups in total. The average Bonchev–Trinajstić information content (AvgIpc) is 2.83. The molecule has 0 spiro atoms. The van der Waals surface area contributed by atoms with E-state index in [4.69, 9.17) is 10.5 Å². The van der Waals surface area contributed by atoms with Gasteiger partial charge in [-0.1, -0.05) is 18.2 Å². The van der Waals surface area contributed by atoms with Crippen molar-refractivity contribution in [1.82, 2.24) is 4.98 Å². The van der Waals surface area contributed by atoms with Crippen LogP contribution in [0.4, 0.5) is 36.1 Å². The minimum absolute atomic E-state index is 0.0513. The fourth-order valence-corrected chi connectivity index (χ4v) is 3.73. The van der Waals surface area contributed by atoms with Crippen LogP contribution in [0.1, 0.15) is 21.5 Å². The van der Waals surface area contributed by atoms with E-state index in [1.54, 1.807) is 6.07 Å². The summed E-state index contributed by atoms with van der Waals surface area (Å²) in [5.74, 6) is -0.323. The van der Waals surface area contributed by atoms with Gasteiger partial charge in [-0.3, -0.25) is 4.79 Å². The zero-order chi connectivity index (χ0) is 24.1. The molecule has 2 aromatic carbocycles. The van der Waals surface area contributed by atoms with Gasteiger partial charge in [0, 0.05) is 43.3 Å². The number of nitrogens with one attached hydrogen (secondary N) is 2. The molecule has 1 fully saturated rings. The Kier molecular flexibility index (Phi) is 6.87. The number of halogens is 3. The fraction of sp³-hybridized carbons (Fsp3) is 0.250. The maximum atomic E-state index is 13.3. The molecule has 0 saturated carbocycles. The van der Waals surface area contributed by atoms with E-state index in [0.29, 0.717) is 19.0 Å². The molecule has 0 unspecified atom stereocenters. The summed E-state index contributed by atoms with van der Waals surface area (Å²) in [5.41, 5.74) is 6.97. The lowest BCUT2D eigenvalue weighted by Gasteiger charge is -2.28. The highest BCUT2D eigenvalue weighted by Crippen LogP contribution is 2.32. The van der Waals surface area contributed by atoms with E-state index >= 15 is 0 Å². The zero-order valence-electron chi connectivity index (χ0n) is 18.2. The molecule has 2 heterocycles. The van der Waals surface area contributed by atoms with Gasteiger partial charge in [0.1, 0.15) is 5.82 Å². The van der Waals surface area contributed by atoms with Crippen molar-refractivity contribution in [2.45, 2.75) is 12.7 Å². The maximum absolute atomic E-state index is 13.3. The Hall–Kier alpha value is -3.79. The summed E-state index contributed by atoms with van der Waals surface area (Å²) in [7, 11) is 0. The summed E-state index contributed by atoms with van der Waals surface area (Å²) in [6, 6.07) is 14.6. The van der Waals surface area contributed by atoms with Gasteiger partial charge >= 0.3 is 6.18 Å². The van der Waals surface area contributed by atoms with E-state index in [1.165, 1.54) is 24.4 Å². The standard InChI is InChI=1S/C24H24F3N5O2/c25-24(26,27)20-4-2-1-3-16(20)14-29-21-13-22(30-15-19(21)23(28)33)31-17-5-7-18(8-6-17)32-9-11-34-12-10-32/h1-8,13,15H,9-12,14H2,(H2,28,33)(H2,29,30,31). The lowest BCUT2D eigenvalue weighted by Crippen LogP contribution is -2.36. The highest BCUT2D eigenvalue weighted by atomic mass is 19.4. The van der Waals surface area contributed by atoms with Gasteiger partial charge in [0.05, 0.1) is 30.0 Å². The highest BCUT2D eigenvalue weighted by molar-refractivity contribution is 5.98. The molecule has 3 aromatic rings. The number of alkyl halides is 3. The number of pyridine rings is 1. The van der Waals surface area contributed by atoms with Gasteiger partial charge in [-0.25, -0.2) is 4.98 Å². The third-order valence-electron chi connectivity index (χ3n) is 5.48. The number of anilines is 4. The number of ether oxygens (including phenoxy) is 1. The molecule has 7 nitrogen and oxygen atoms in total. The molecule has 1 aliphatic rings. The van der Waals surface area contributed by atoms with E-state index in [2.05, 4.69) is 20.5 Å². The Morgan fingerprint density at radius 2 is 1.79 bits per heavy atom. The molecule has 0 bridgehead atoms. The lowest BCUT2D eigenvalue weighted by molar-refractivity contribution is -0.138. The summed E-state index contributed by atoms with van der Waals surface area (Å²) in [6.07, 6.45) is -3.19. The minimum atomic E-state index is -4.48. The monoisotopic (exact) mass is 471 g/mol. The molecule has 0 atom stereocenters. The Labute approximate surface area is 194 Å². The second-order valence-corrected chi connectivity index (χ2v) is 7.76. The summed E-state index contributed by atoms with van der Waals surface area (Å²) in [6.45, 7) is 2.90. The number of primary amides is 1. The number of hydrogen-bond donors (Lipinski definition) is 3. The van der Waals surface area contributed by atoms with Crippen LogP contribution in [0.3, 0.4) is 0 Å². The van der Waals surface area contributed by atoms with Gasteiger partial charge in [0.2, 0.25) is 0 Å². The van der Waals surface area contributed by atoms with Crippen LogP contribution < -0.4 is 21.3 Å². The molecule has 4 rings (SSSR count). The van der Waals surface area contributed by atoms with Crippen molar-refractivity contribution < 1.29 is 22.7 Å². The van der Waals surface area contributed by atoms with Gasteiger partial charge in [-0.2, -0.15) is 13.2 Å². The van der Waals surface area contributed by atoms with E-state index < -0.39 is 17.6 Å². The van der Waals surface area contributed by atoms with Crippen LogP contribution >= 0.6 is 0 Å². The second-order valence-electron chi connectivity index (χ2n) is 7.76. The first kappa shape index (κ1) is 23.4. The normalized spacial score (nSPS) is 14.0. The van der Waals surface area contributed by atoms with E-state index in [1.807, 2.05) is 24.3 Å². The number of aromatic nitrogens is 1. The first-order chi connectivity index (χ1) is 16.3. The van der Waals surface area contributed by atoms with Crippen LogP contribution in [0, 0.1) is 0 Å². The SMILES string of the molecule is NC(=O)c1cnc(Nc2ccc(N3CCOCC3)cc2)cc1NCc1ccccc1C(F)(F)F. The van der Waals surface area contributed by atoms with E-state index in [0.717, 1.165) is 30.5 Å². The predicted octanol–water partition coefficient (Wildman–Crippen LogP) is 4.39. The molecule has 1 amide bonds. The van der Waals surface area contributed by atoms with Crippen molar-refractivity contribution in [3.8, 4) is 0 Å². The largest absolute Gasteiger partial charge is 0.416 e. The number of hydrogen-bond acceptors (Lipinski definition) is 6. The number of carbonyl (C=O) groups is 1. The molecule has 178 valence electrons.